The first-order valence-electron chi connectivity index (χ1n) is 12.6. The van der Waals surface area contributed by atoms with Crippen molar-refractivity contribution < 1.29 is 22.4 Å². The van der Waals surface area contributed by atoms with Crippen LogP contribution in [0.2, 0.25) is 15.1 Å². The molecule has 0 atom stereocenters. The number of hydrogen-bond acceptors (Lipinski definition) is 2. The molecule has 0 aromatic heterocycles. The van der Waals surface area contributed by atoms with Gasteiger partial charge in [-0.05, 0) is 40.5 Å². The number of carbonyl (C=O) groups excluding carboxylic acids is 1. The first-order valence-corrected chi connectivity index (χ1v) is 13.7. The van der Waals surface area contributed by atoms with E-state index in [1.807, 2.05) is 65.6 Å². The smallest absolute Gasteiger partial charge is 0.289 e. The van der Waals surface area contributed by atoms with Crippen molar-refractivity contribution in [3.63, 3.8) is 0 Å². The lowest BCUT2D eigenvalue weighted by Crippen LogP contribution is -2.57. The second-order valence-electron chi connectivity index (χ2n) is 9.85. The van der Waals surface area contributed by atoms with E-state index < -0.39 is 28.8 Å². The SMILES string of the molecule is O=C(C=C(c1cc(Cl)c(Cl)c(Cl)c1)C(F)(F)F)c1ccc(C2(F)CN(C(c3ccccc3)c3ccccc3)C2)cc1. The van der Waals surface area contributed by atoms with Crippen molar-refractivity contribution in [1.82, 2.24) is 4.90 Å². The molecule has 0 unspecified atom stereocenters. The van der Waals surface area contributed by atoms with Gasteiger partial charge in [0.2, 0.25) is 0 Å². The third kappa shape index (κ3) is 6.21. The molecule has 4 aromatic rings. The van der Waals surface area contributed by atoms with Gasteiger partial charge in [0.05, 0.1) is 26.7 Å². The zero-order chi connectivity index (χ0) is 29.4. The third-order valence-electron chi connectivity index (χ3n) is 7.07. The molecule has 1 aliphatic heterocycles. The Bertz CT molecular complexity index is 1520. The van der Waals surface area contributed by atoms with Crippen molar-refractivity contribution in [3.05, 3.63) is 146 Å². The van der Waals surface area contributed by atoms with Crippen molar-refractivity contribution in [2.75, 3.05) is 13.1 Å². The van der Waals surface area contributed by atoms with Gasteiger partial charge in [-0.3, -0.25) is 9.69 Å². The molecule has 0 bridgehead atoms. The minimum atomic E-state index is -4.87. The van der Waals surface area contributed by atoms with Gasteiger partial charge in [-0.25, -0.2) is 4.39 Å². The van der Waals surface area contributed by atoms with Gasteiger partial charge in [-0.1, -0.05) is 120 Å². The average Bonchev–Trinajstić information content (AvgIpc) is 2.94. The van der Waals surface area contributed by atoms with Crippen molar-refractivity contribution in [2.24, 2.45) is 0 Å². The Labute approximate surface area is 249 Å². The number of hydrogen-bond donors (Lipinski definition) is 0. The highest BCUT2D eigenvalue weighted by molar-refractivity contribution is 6.48. The number of benzene rings is 4. The Balaban J connectivity index is 1.36. The van der Waals surface area contributed by atoms with Crippen molar-refractivity contribution in [3.8, 4) is 0 Å². The van der Waals surface area contributed by atoms with E-state index in [1.54, 1.807) is 0 Å². The summed E-state index contributed by atoms with van der Waals surface area (Å²) in [6.45, 7) is 0.232. The van der Waals surface area contributed by atoms with Gasteiger partial charge in [-0.2, -0.15) is 13.2 Å². The van der Waals surface area contributed by atoms with E-state index >= 15 is 4.39 Å². The van der Waals surface area contributed by atoms with Crippen LogP contribution in [0.1, 0.15) is 38.7 Å². The average molecular weight is 619 g/mol. The summed E-state index contributed by atoms with van der Waals surface area (Å²) in [5.74, 6) is -0.901. The summed E-state index contributed by atoms with van der Waals surface area (Å²) < 4.78 is 57.6. The van der Waals surface area contributed by atoms with Crippen LogP contribution in [0.3, 0.4) is 0 Å². The van der Waals surface area contributed by atoms with Crippen molar-refractivity contribution in [1.29, 1.82) is 0 Å². The van der Waals surface area contributed by atoms with Gasteiger partial charge in [0.1, 0.15) is 0 Å². The molecule has 0 spiro atoms. The Kier molecular flexibility index (Phi) is 8.31. The lowest BCUT2D eigenvalue weighted by molar-refractivity contribution is -0.0689. The quantitative estimate of drug-likeness (QED) is 0.0890. The van der Waals surface area contributed by atoms with Gasteiger partial charge in [0.15, 0.2) is 11.5 Å². The van der Waals surface area contributed by atoms with Crippen LogP contribution in [-0.4, -0.2) is 29.9 Å². The lowest BCUT2D eigenvalue weighted by Gasteiger charge is -2.49. The fourth-order valence-corrected chi connectivity index (χ4v) is 5.63. The molecule has 0 aliphatic carbocycles. The maximum absolute atomic E-state index is 16.0. The van der Waals surface area contributed by atoms with Crippen LogP contribution in [-0.2, 0) is 5.67 Å². The Morgan fingerprint density at radius 3 is 1.73 bits per heavy atom. The first-order chi connectivity index (χ1) is 19.5. The fraction of sp³-hybridized carbons (Fsp3) is 0.156. The summed E-state index contributed by atoms with van der Waals surface area (Å²) in [7, 11) is 0. The molecule has 4 aromatic carbocycles. The minimum Gasteiger partial charge on any atom is -0.289 e. The van der Waals surface area contributed by atoms with Crippen LogP contribution in [0, 0.1) is 0 Å². The molecule has 1 aliphatic rings. The lowest BCUT2D eigenvalue weighted by atomic mass is 9.83. The molecule has 210 valence electrons. The standard InChI is InChI=1S/C32H22Cl3F4NO/c33-26-15-23(16-27(34)29(26)35)25(32(37,38)39)17-28(41)20-11-13-24(14-12-20)31(36)18-40(19-31)30(21-7-3-1-4-8-21)22-9-5-2-6-10-22/h1-17,30H,18-19H2. The van der Waals surface area contributed by atoms with Crippen LogP contribution >= 0.6 is 34.8 Å². The number of halogens is 7. The highest BCUT2D eigenvalue weighted by atomic mass is 35.5. The third-order valence-corrected chi connectivity index (χ3v) is 8.26. The highest BCUT2D eigenvalue weighted by Gasteiger charge is 2.48. The molecule has 1 heterocycles. The van der Waals surface area contributed by atoms with Gasteiger partial charge in [0.25, 0.3) is 0 Å². The summed E-state index contributed by atoms with van der Waals surface area (Å²) in [5.41, 5.74) is -0.890. The summed E-state index contributed by atoms with van der Waals surface area (Å²) in [6.07, 6.45) is -4.39. The van der Waals surface area contributed by atoms with E-state index in [-0.39, 0.29) is 39.8 Å². The summed E-state index contributed by atoms with van der Waals surface area (Å²) >= 11 is 17.7. The van der Waals surface area contributed by atoms with Crippen LogP contribution in [0.5, 0.6) is 0 Å². The predicted molar refractivity (Wildman–Crippen MR) is 155 cm³/mol. The number of ketones is 1. The number of likely N-dealkylation sites (tertiary alicyclic amines) is 1. The molecule has 0 N–H and O–H groups in total. The second kappa shape index (κ2) is 11.6. The topological polar surface area (TPSA) is 20.3 Å². The van der Waals surface area contributed by atoms with Crippen LogP contribution in [0.25, 0.3) is 5.57 Å². The predicted octanol–water partition coefficient (Wildman–Crippen LogP) is 9.75. The van der Waals surface area contributed by atoms with Crippen molar-refractivity contribution >= 4 is 46.2 Å². The maximum atomic E-state index is 16.0. The van der Waals surface area contributed by atoms with Crippen molar-refractivity contribution in [2.45, 2.75) is 17.9 Å². The maximum Gasteiger partial charge on any atom is 0.417 e. The molecule has 0 amide bonds. The van der Waals surface area contributed by atoms with Crippen LogP contribution in [0.4, 0.5) is 17.6 Å². The van der Waals surface area contributed by atoms with Gasteiger partial charge in [0, 0.05) is 18.7 Å². The van der Waals surface area contributed by atoms with Crippen LogP contribution in [0.15, 0.2) is 103 Å². The molecular weight excluding hydrogens is 597 g/mol. The largest absolute Gasteiger partial charge is 0.417 e. The minimum absolute atomic E-state index is 0.0205. The normalized spacial score (nSPS) is 15.6. The zero-order valence-corrected chi connectivity index (χ0v) is 23.6. The van der Waals surface area contributed by atoms with E-state index in [9.17, 15) is 18.0 Å². The van der Waals surface area contributed by atoms with E-state index in [1.165, 1.54) is 24.3 Å². The van der Waals surface area contributed by atoms with Crippen LogP contribution < -0.4 is 0 Å². The summed E-state index contributed by atoms with van der Waals surface area (Å²) in [4.78, 5) is 14.9. The molecular formula is C32H22Cl3F4NO. The Morgan fingerprint density at radius 1 is 0.780 bits per heavy atom. The van der Waals surface area contributed by atoms with E-state index in [0.29, 0.717) is 11.6 Å². The Morgan fingerprint density at radius 2 is 1.27 bits per heavy atom. The molecule has 0 radical (unpaired) electrons. The fourth-order valence-electron chi connectivity index (χ4n) is 5.03. The zero-order valence-electron chi connectivity index (χ0n) is 21.3. The van der Waals surface area contributed by atoms with E-state index in [4.69, 9.17) is 34.8 Å². The molecule has 5 rings (SSSR count). The molecule has 9 heteroatoms. The number of rotatable bonds is 7. The summed E-state index contributed by atoms with van der Waals surface area (Å²) in [5, 5.41) is -0.439. The number of allylic oxidation sites excluding steroid dienone is 2. The molecule has 41 heavy (non-hydrogen) atoms. The molecule has 0 saturated carbocycles. The summed E-state index contributed by atoms with van der Waals surface area (Å²) in [6, 6.07) is 27.1. The second-order valence-corrected chi connectivity index (χ2v) is 11.0. The van der Waals surface area contributed by atoms with E-state index in [2.05, 4.69) is 0 Å². The molecule has 1 saturated heterocycles. The van der Waals surface area contributed by atoms with Gasteiger partial charge >= 0.3 is 6.18 Å². The van der Waals surface area contributed by atoms with E-state index in [0.717, 1.165) is 23.3 Å². The Hall–Kier alpha value is -3.16. The number of carbonyl (C=O) groups is 1. The first kappa shape index (κ1) is 29.3. The van der Waals surface area contributed by atoms with Gasteiger partial charge in [-0.15, -0.1) is 0 Å². The van der Waals surface area contributed by atoms with Gasteiger partial charge < -0.3 is 0 Å². The number of nitrogens with zero attached hydrogens (tertiary/aromatic N) is 1. The monoisotopic (exact) mass is 617 g/mol. The molecule has 1 fully saturated rings. The molecule has 2 nitrogen and oxygen atoms in total. The number of alkyl halides is 4. The highest BCUT2D eigenvalue weighted by Crippen LogP contribution is 2.43.